The molecule has 140 valence electrons. The smallest absolute Gasteiger partial charge is 0.161 e. The van der Waals surface area contributed by atoms with Gasteiger partial charge in [0.25, 0.3) is 0 Å². The van der Waals surface area contributed by atoms with Crippen LogP contribution in [0.2, 0.25) is 0 Å². The monoisotopic (exact) mass is 372 g/mol. The molecule has 1 aliphatic rings. The van der Waals surface area contributed by atoms with E-state index in [1.807, 2.05) is 72.8 Å². The third-order valence-corrected chi connectivity index (χ3v) is 4.92. The Labute approximate surface area is 164 Å². The third kappa shape index (κ3) is 3.03. The van der Waals surface area contributed by atoms with E-state index in [-0.39, 0.29) is 5.92 Å². The van der Waals surface area contributed by atoms with E-state index in [9.17, 15) is 4.79 Å². The van der Waals surface area contributed by atoms with Gasteiger partial charge in [0.2, 0.25) is 0 Å². The SMILES string of the molecule is COc1ccc(C2=C(C=O)[C@H](c3ccccc3)c3ccccc3O2)cc1OC. The maximum atomic E-state index is 12.2. The van der Waals surface area contributed by atoms with Gasteiger partial charge in [0.05, 0.1) is 14.2 Å². The number of carbonyl (C=O) groups excluding carboxylic acids is 1. The fraction of sp³-hybridized carbons (Fsp3) is 0.125. The summed E-state index contributed by atoms with van der Waals surface area (Å²) in [7, 11) is 3.17. The van der Waals surface area contributed by atoms with Gasteiger partial charge in [-0.3, -0.25) is 4.79 Å². The van der Waals surface area contributed by atoms with Crippen LogP contribution in [0.5, 0.6) is 17.2 Å². The number of benzene rings is 3. The van der Waals surface area contributed by atoms with Crippen molar-refractivity contribution in [2.24, 2.45) is 0 Å². The van der Waals surface area contributed by atoms with Crippen LogP contribution in [0.4, 0.5) is 0 Å². The molecule has 28 heavy (non-hydrogen) atoms. The van der Waals surface area contributed by atoms with E-state index >= 15 is 0 Å². The molecule has 0 radical (unpaired) electrons. The minimum atomic E-state index is -0.202. The van der Waals surface area contributed by atoms with Crippen molar-refractivity contribution in [3.63, 3.8) is 0 Å². The normalized spacial score (nSPS) is 15.4. The summed E-state index contributed by atoms with van der Waals surface area (Å²) >= 11 is 0. The van der Waals surface area contributed by atoms with Gasteiger partial charge in [-0.15, -0.1) is 0 Å². The Morgan fingerprint density at radius 2 is 1.57 bits per heavy atom. The molecule has 1 heterocycles. The topological polar surface area (TPSA) is 44.8 Å². The number of hydrogen-bond donors (Lipinski definition) is 0. The van der Waals surface area contributed by atoms with E-state index in [1.54, 1.807) is 14.2 Å². The first-order valence-electron chi connectivity index (χ1n) is 9.00. The molecule has 0 saturated heterocycles. The molecule has 0 unspecified atom stereocenters. The van der Waals surface area contributed by atoms with E-state index in [2.05, 4.69) is 0 Å². The molecule has 1 atom stereocenters. The molecule has 0 amide bonds. The van der Waals surface area contributed by atoms with Crippen molar-refractivity contribution < 1.29 is 19.0 Å². The van der Waals surface area contributed by atoms with E-state index in [0.717, 1.165) is 28.7 Å². The molecule has 4 nitrogen and oxygen atoms in total. The molecule has 1 aliphatic heterocycles. The second kappa shape index (κ2) is 7.61. The number of hydrogen-bond acceptors (Lipinski definition) is 4. The van der Waals surface area contributed by atoms with Crippen molar-refractivity contribution in [3.8, 4) is 17.2 Å². The fourth-order valence-corrected chi connectivity index (χ4v) is 3.61. The number of carbonyl (C=O) groups is 1. The Kier molecular flexibility index (Phi) is 4.85. The van der Waals surface area contributed by atoms with Gasteiger partial charge in [0.1, 0.15) is 11.5 Å². The maximum Gasteiger partial charge on any atom is 0.161 e. The number of allylic oxidation sites excluding steroid dienone is 1. The molecule has 0 aliphatic carbocycles. The fourth-order valence-electron chi connectivity index (χ4n) is 3.61. The molecule has 0 N–H and O–H groups in total. The van der Waals surface area contributed by atoms with Crippen LogP contribution in [-0.4, -0.2) is 20.5 Å². The highest BCUT2D eigenvalue weighted by molar-refractivity contribution is 5.91. The number of methoxy groups -OCH3 is 2. The predicted octanol–water partition coefficient (Wildman–Crippen LogP) is 4.84. The Bertz CT molecular complexity index is 1040. The highest BCUT2D eigenvalue weighted by atomic mass is 16.5. The van der Waals surface area contributed by atoms with Gasteiger partial charge < -0.3 is 14.2 Å². The molecular weight excluding hydrogens is 352 g/mol. The van der Waals surface area contributed by atoms with Crippen LogP contribution < -0.4 is 14.2 Å². The number of fused-ring (bicyclic) bond motifs is 1. The lowest BCUT2D eigenvalue weighted by Crippen LogP contribution is -2.17. The van der Waals surface area contributed by atoms with Crippen LogP contribution in [0.25, 0.3) is 5.76 Å². The minimum absolute atomic E-state index is 0.202. The molecule has 3 aromatic rings. The standard InChI is InChI=1S/C24H20O4/c1-26-21-13-12-17(14-22(21)27-2)24-19(15-25)23(16-8-4-3-5-9-16)18-10-6-7-11-20(18)28-24/h3-15,23H,1-2H3/t23-/m1/s1. The number of ether oxygens (including phenoxy) is 3. The Hall–Kier alpha value is -3.53. The quantitative estimate of drug-likeness (QED) is 0.601. The van der Waals surface area contributed by atoms with Crippen LogP contribution in [0.15, 0.2) is 78.4 Å². The Morgan fingerprint density at radius 1 is 0.857 bits per heavy atom. The predicted molar refractivity (Wildman–Crippen MR) is 108 cm³/mol. The first-order valence-corrected chi connectivity index (χ1v) is 9.00. The van der Waals surface area contributed by atoms with E-state index in [0.29, 0.717) is 22.8 Å². The van der Waals surface area contributed by atoms with Crippen LogP contribution >= 0.6 is 0 Å². The average Bonchev–Trinajstić information content (AvgIpc) is 2.77. The van der Waals surface area contributed by atoms with Gasteiger partial charge in [0.15, 0.2) is 17.8 Å². The second-order valence-electron chi connectivity index (χ2n) is 6.46. The summed E-state index contributed by atoms with van der Waals surface area (Å²) in [5.74, 6) is 2.27. The summed E-state index contributed by atoms with van der Waals surface area (Å²) in [6.45, 7) is 0. The molecular formula is C24H20O4. The van der Waals surface area contributed by atoms with E-state index < -0.39 is 0 Å². The Morgan fingerprint density at radius 3 is 2.29 bits per heavy atom. The summed E-state index contributed by atoms with van der Waals surface area (Å²) in [6, 6.07) is 23.3. The lowest BCUT2D eigenvalue weighted by Gasteiger charge is -2.29. The zero-order valence-corrected chi connectivity index (χ0v) is 15.7. The highest BCUT2D eigenvalue weighted by Crippen LogP contribution is 2.45. The molecule has 0 spiro atoms. The van der Waals surface area contributed by atoms with Crippen LogP contribution in [0.3, 0.4) is 0 Å². The number of aldehydes is 1. The van der Waals surface area contributed by atoms with Gasteiger partial charge in [0, 0.05) is 22.6 Å². The molecule has 0 fully saturated rings. The zero-order valence-electron chi connectivity index (χ0n) is 15.7. The third-order valence-electron chi connectivity index (χ3n) is 4.92. The van der Waals surface area contributed by atoms with E-state index in [1.165, 1.54) is 0 Å². The molecule has 0 bridgehead atoms. The molecule has 4 heteroatoms. The van der Waals surface area contributed by atoms with Crippen molar-refractivity contribution in [2.45, 2.75) is 5.92 Å². The first-order chi connectivity index (χ1) is 13.8. The molecule has 0 saturated carbocycles. The van der Waals surface area contributed by atoms with Crippen molar-refractivity contribution in [1.82, 2.24) is 0 Å². The highest BCUT2D eigenvalue weighted by Gasteiger charge is 2.31. The lowest BCUT2D eigenvalue weighted by atomic mass is 9.82. The summed E-state index contributed by atoms with van der Waals surface area (Å²) < 4.78 is 17.0. The summed E-state index contributed by atoms with van der Waals surface area (Å²) in [5, 5.41) is 0. The maximum absolute atomic E-state index is 12.2. The van der Waals surface area contributed by atoms with Gasteiger partial charge in [-0.1, -0.05) is 48.5 Å². The van der Waals surface area contributed by atoms with Crippen molar-refractivity contribution >= 4 is 12.0 Å². The van der Waals surface area contributed by atoms with Gasteiger partial charge in [-0.2, -0.15) is 0 Å². The zero-order chi connectivity index (χ0) is 19.5. The molecule has 4 rings (SSSR count). The van der Waals surface area contributed by atoms with Gasteiger partial charge in [-0.25, -0.2) is 0 Å². The number of para-hydroxylation sites is 1. The summed E-state index contributed by atoms with van der Waals surface area (Å²) in [4.78, 5) is 12.2. The largest absolute Gasteiger partial charge is 0.493 e. The van der Waals surface area contributed by atoms with Gasteiger partial charge in [-0.05, 0) is 29.8 Å². The summed E-state index contributed by atoms with van der Waals surface area (Å²) in [6.07, 6.45) is 0.889. The first kappa shape index (κ1) is 17.9. The van der Waals surface area contributed by atoms with Crippen molar-refractivity contribution in [1.29, 1.82) is 0 Å². The Balaban J connectivity index is 1.93. The molecule has 3 aromatic carbocycles. The van der Waals surface area contributed by atoms with Crippen LogP contribution in [-0.2, 0) is 4.79 Å². The van der Waals surface area contributed by atoms with Crippen molar-refractivity contribution in [2.75, 3.05) is 14.2 Å². The van der Waals surface area contributed by atoms with Crippen LogP contribution in [0.1, 0.15) is 22.6 Å². The average molecular weight is 372 g/mol. The van der Waals surface area contributed by atoms with Crippen LogP contribution in [0, 0.1) is 0 Å². The van der Waals surface area contributed by atoms with Crippen molar-refractivity contribution in [3.05, 3.63) is 95.1 Å². The number of rotatable bonds is 5. The summed E-state index contributed by atoms with van der Waals surface area (Å²) in [5.41, 5.74) is 3.35. The molecule has 0 aromatic heterocycles. The van der Waals surface area contributed by atoms with Gasteiger partial charge >= 0.3 is 0 Å². The van der Waals surface area contributed by atoms with E-state index in [4.69, 9.17) is 14.2 Å². The minimum Gasteiger partial charge on any atom is -0.493 e. The second-order valence-corrected chi connectivity index (χ2v) is 6.46. The lowest BCUT2D eigenvalue weighted by molar-refractivity contribution is -0.105.